The van der Waals surface area contributed by atoms with E-state index in [1.54, 1.807) is 52.0 Å². The van der Waals surface area contributed by atoms with E-state index < -0.39 is 23.6 Å². The van der Waals surface area contributed by atoms with Gasteiger partial charge in [-0.05, 0) is 45.9 Å². The van der Waals surface area contributed by atoms with Crippen molar-refractivity contribution < 1.29 is 14.3 Å². The maximum Gasteiger partial charge on any atom is 0.412 e. The minimum absolute atomic E-state index is 0.449. The van der Waals surface area contributed by atoms with Gasteiger partial charge >= 0.3 is 6.09 Å². The summed E-state index contributed by atoms with van der Waals surface area (Å²) in [6.07, 6.45) is -0.530. The molecule has 0 heterocycles. The molecule has 20 heavy (non-hydrogen) atoms. The number of amides is 2. The zero-order valence-electron chi connectivity index (χ0n) is 12.2. The lowest BCUT2D eigenvalue weighted by Gasteiger charge is -2.20. The summed E-state index contributed by atoms with van der Waals surface area (Å²) in [5.74, 6) is -0.449. The van der Waals surface area contributed by atoms with Gasteiger partial charge < -0.3 is 15.8 Å². The largest absolute Gasteiger partial charge is 0.444 e. The van der Waals surface area contributed by atoms with Gasteiger partial charge in [-0.15, -0.1) is 0 Å². The molecule has 0 aliphatic heterocycles. The highest BCUT2D eigenvalue weighted by atomic mass is 16.6. The maximum atomic E-state index is 11.6. The van der Waals surface area contributed by atoms with Gasteiger partial charge in [-0.3, -0.25) is 10.1 Å². The molecule has 1 unspecified atom stereocenters. The Morgan fingerprint density at radius 2 is 1.85 bits per heavy atom. The van der Waals surface area contributed by atoms with E-state index in [1.807, 2.05) is 0 Å². The van der Waals surface area contributed by atoms with E-state index in [4.69, 9.17) is 10.5 Å². The summed E-state index contributed by atoms with van der Waals surface area (Å²) in [5.41, 5.74) is 5.88. The normalized spacial score (nSPS) is 12.4. The number of hydrogen-bond donors (Lipinski definition) is 3. The number of hydrogen-bond acceptors (Lipinski definition) is 4. The molecular weight excluding hydrogens is 258 g/mol. The first-order valence-electron chi connectivity index (χ1n) is 6.33. The summed E-state index contributed by atoms with van der Waals surface area (Å²) >= 11 is 0. The lowest BCUT2D eigenvalue weighted by molar-refractivity contribution is -0.118. The Hall–Kier alpha value is -2.24. The number of rotatable bonds is 4. The number of carbonyl (C=O) groups excluding carboxylic acids is 2. The molecule has 0 radical (unpaired) electrons. The van der Waals surface area contributed by atoms with Crippen LogP contribution in [0, 0.1) is 0 Å². The zero-order valence-corrected chi connectivity index (χ0v) is 12.2. The van der Waals surface area contributed by atoms with Crippen molar-refractivity contribution >= 4 is 23.4 Å². The topological polar surface area (TPSA) is 93.4 Å². The second-order valence-corrected chi connectivity index (χ2v) is 5.48. The Kier molecular flexibility index (Phi) is 4.96. The number of carbonyl (C=O) groups is 2. The molecule has 2 amide bonds. The van der Waals surface area contributed by atoms with Crippen molar-refractivity contribution in [3.8, 4) is 0 Å². The average molecular weight is 279 g/mol. The van der Waals surface area contributed by atoms with Crippen LogP contribution in [0.3, 0.4) is 0 Å². The summed E-state index contributed by atoms with van der Waals surface area (Å²) in [7, 11) is 0. The van der Waals surface area contributed by atoms with Crippen molar-refractivity contribution in [1.82, 2.24) is 0 Å². The predicted molar refractivity (Wildman–Crippen MR) is 78.6 cm³/mol. The summed E-state index contributed by atoms with van der Waals surface area (Å²) in [6.45, 7) is 7.04. The summed E-state index contributed by atoms with van der Waals surface area (Å²) < 4.78 is 5.16. The van der Waals surface area contributed by atoms with Gasteiger partial charge in [0.1, 0.15) is 11.6 Å². The van der Waals surface area contributed by atoms with Crippen LogP contribution in [-0.4, -0.2) is 23.6 Å². The SMILES string of the molecule is CC(Nc1cccc(NC(=O)OC(C)(C)C)c1)C(N)=O. The molecule has 1 aromatic carbocycles. The quantitative estimate of drug-likeness (QED) is 0.788. The molecule has 1 atom stereocenters. The number of benzene rings is 1. The zero-order chi connectivity index (χ0) is 15.3. The molecule has 6 nitrogen and oxygen atoms in total. The number of anilines is 2. The highest BCUT2D eigenvalue weighted by Crippen LogP contribution is 2.17. The first-order chi connectivity index (χ1) is 9.17. The van der Waals surface area contributed by atoms with Crippen molar-refractivity contribution in [2.75, 3.05) is 10.6 Å². The van der Waals surface area contributed by atoms with Crippen LogP contribution >= 0.6 is 0 Å². The molecule has 6 heteroatoms. The molecule has 0 aliphatic rings. The van der Waals surface area contributed by atoms with E-state index in [1.165, 1.54) is 0 Å². The van der Waals surface area contributed by atoms with Gasteiger partial charge in [-0.1, -0.05) is 6.07 Å². The van der Waals surface area contributed by atoms with Crippen molar-refractivity contribution in [3.05, 3.63) is 24.3 Å². The Morgan fingerprint density at radius 1 is 1.25 bits per heavy atom. The third kappa shape index (κ3) is 5.60. The molecule has 0 fully saturated rings. The molecule has 0 aliphatic carbocycles. The first kappa shape index (κ1) is 15.8. The van der Waals surface area contributed by atoms with E-state index in [2.05, 4.69) is 10.6 Å². The van der Waals surface area contributed by atoms with Gasteiger partial charge in [-0.25, -0.2) is 4.79 Å². The molecule has 0 bridgehead atoms. The lowest BCUT2D eigenvalue weighted by Crippen LogP contribution is -2.32. The van der Waals surface area contributed by atoms with Crippen LogP contribution in [0.2, 0.25) is 0 Å². The van der Waals surface area contributed by atoms with Crippen LogP contribution in [0.4, 0.5) is 16.2 Å². The number of nitrogens with two attached hydrogens (primary N) is 1. The monoisotopic (exact) mass is 279 g/mol. The minimum atomic E-state index is -0.555. The second kappa shape index (κ2) is 6.27. The average Bonchev–Trinajstić information content (AvgIpc) is 2.26. The molecule has 0 aromatic heterocycles. The Morgan fingerprint density at radius 3 is 2.40 bits per heavy atom. The van der Waals surface area contributed by atoms with Crippen LogP contribution in [-0.2, 0) is 9.53 Å². The summed E-state index contributed by atoms with van der Waals surface area (Å²) in [5, 5.41) is 5.56. The van der Waals surface area contributed by atoms with Crippen LogP contribution in [0.5, 0.6) is 0 Å². The Balaban J connectivity index is 2.69. The van der Waals surface area contributed by atoms with Crippen molar-refractivity contribution in [2.24, 2.45) is 5.73 Å². The van der Waals surface area contributed by atoms with Crippen LogP contribution in [0.15, 0.2) is 24.3 Å². The minimum Gasteiger partial charge on any atom is -0.444 e. The Labute approximate surface area is 118 Å². The van der Waals surface area contributed by atoms with Gasteiger partial charge in [0.25, 0.3) is 0 Å². The third-order valence-corrected chi connectivity index (χ3v) is 2.32. The Bertz CT molecular complexity index is 495. The standard InChI is InChI=1S/C14H21N3O3/c1-9(12(15)18)16-10-6-5-7-11(8-10)17-13(19)20-14(2,3)4/h5-9,16H,1-4H3,(H2,15,18)(H,17,19). The van der Waals surface area contributed by atoms with E-state index in [0.717, 1.165) is 0 Å². The van der Waals surface area contributed by atoms with Crippen molar-refractivity contribution in [2.45, 2.75) is 39.3 Å². The third-order valence-electron chi connectivity index (χ3n) is 2.32. The highest BCUT2D eigenvalue weighted by molar-refractivity contribution is 5.86. The summed E-state index contributed by atoms with van der Waals surface area (Å²) in [4.78, 5) is 22.6. The second-order valence-electron chi connectivity index (χ2n) is 5.48. The molecular formula is C14H21N3O3. The van der Waals surface area contributed by atoms with Crippen LogP contribution in [0.25, 0.3) is 0 Å². The molecule has 1 aromatic rings. The fourth-order valence-electron chi connectivity index (χ4n) is 1.43. The van der Waals surface area contributed by atoms with Gasteiger partial charge in [-0.2, -0.15) is 0 Å². The van der Waals surface area contributed by atoms with Gasteiger partial charge in [0.15, 0.2) is 0 Å². The molecule has 1 rings (SSSR count). The van der Waals surface area contributed by atoms with Crippen molar-refractivity contribution in [3.63, 3.8) is 0 Å². The molecule has 0 spiro atoms. The van der Waals surface area contributed by atoms with Gasteiger partial charge in [0, 0.05) is 11.4 Å². The summed E-state index contributed by atoms with van der Waals surface area (Å²) in [6, 6.07) is 6.46. The van der Waals surface area contributed by atoms with Crippen LogP contribution < -0.4 is 16.4 Å². The van der Waals surface area contributed by atoms with Gasteiger partial charge in [0.05, 0.1) is 0 Å². The molecule has 0 saturated carbocycles. The number of ether oxygens (including phenoxy) is 1. The van der Waals surface area contributed by atoms with Crippen LogP contribution in [0.1, 0.15) is 27.7 Å². The van der Waals surface area contributed by atoms with E-state index >= 15 is 0 Å². The molecule has 0 saturated heterocycles. The van der Waals surface area contributed by atoms with E-state index in [-0.39, 0.29) is 0 Å². The van der Waals surface area contributed by atoms with Crippen molar-refractivity contribution in [1.29, 1.82) is 0 Å². The number of nitrogens with one attached hydrogen (secondary N) is 2. The van der Waals surface area contributed by atoms with Gasteiger partial charge in [0.2, 0.25) is 5.91 Å². The molecule has 4 N–H and O–H groups in total. The smallest absolute Gasteiger partial charge is 0.412 e. The fraction of sp³-hybridized carbons (Fsp3) is 0.429. The number of primary amides is 1. The molecule has 110 valence electrons. The fourth-order valence-corrected chi connectivity index (χ4v) is 1.43. The van der Waals surface area contributed by atoms with E-state index in [0.29, 0.717) is 11.4 Å². The first-order valence-corrected chi connectivity index (χ1v) is 6.33. The predicted octanol–water partition coefficient (Wildman–Crippen LogP) is 2.32. The maximum absolute atomic E-state index is 11.6. The highest BCUT2D eigenvalue weighted by Gasteiger charge is 2.16. The lowest BCUT2D eigenvalue weighted by atomic mass is 10.2. The van der Waals surface area contributed by atoms with E-state index in [9.17, 15) is 9.59 Å².